The summed E-state index contributed by atoms with van der Waals surface area (Å²) in [5, 5.41) is 0. The first-order chi connectivity index (χ1) is 9.29. The highest BCUT2D eigenvalue weighted by Gasteiger charge is 2.36. The number of thioether (sulfide) groups is 1. The van der Waals surface area contributed by atoms with Gasteiger partial charge in [-0.05, 0) is 59.3 Å². The maximum Gasteiger partial charge on any atom is 0.322 e. The molecule has 0 aliphatic rings. The minimum atomic E-state index is -0.727. The third kappa shape index (κ3) is 10.0. The van der Waals surface area contributed by atoms with Crippen molar-refractivity contribution in [2.24, 2.45) is 0 Å². The fourth-order valence-electron chi connectivity index (χ4n) is 1.30. The van der Waals surface area contributed by atoms with Crippen LogP contribution >= 0.6 is 46.4 Å². The standard InChI is InChI=1S/C14H26O3S4/c1-12(2,3)16-9-8-13(4,5)17-10(15)14(6,7)20-11(18)21-19/h19H,8-9H2,1-7H3. The predicted molar refractivity (Wildman–Crippen MR) is 101 cm³/mol. The average molecular weight is 371 g/mol. The number of carbonyl (C=O) groups is 1. The fourth-order valence-corrected chi connectivity index (χ4v) is 3.57. The first-order valence-corrected chi connectivity index (χ1v) is 9.80. The molecule has 0 aromatic rings. The van der Waals surface area contributed by atoms with Crippen LogP contribution in [0.15, 0.2) is 0 Å². The van der Waals surface area contributed by atoms with Crippen LogP contribution < -0.4 is 0 Å². The number of hydrogen-bond acceptors (Lipinski definition) is 7. The highest BCUT2D eigenvalue weighted by atomic mass is 33.1. The Morgan fingerprint density at radius 1 is 1.14 bits per heavy atom. The number of hydrogen-bond donors (Lipinski definition) is 1. The number of esters is 1. The summed E-state index contributed by atoms with van der Waals surface area (Å²) in [6.07, 6.45) is 0.641. The minimum Gasteiger partial charge on any atom is -0.459 e. The molecule has 0 aliphatic heterocycles. The summed E-state index contributed by atoms with van der Waals surface area (Å²) in [6.45, 7) is 13.9. The molecule has 0 saturated heterocycles. The average Bonchev–Trinajstić information content (AvgIpc) is 2.25. The van der Waals surface area contributed by atoms with Crippen LogP contribution in [-0.4, -0.2) is 32.1 Å². The summed E-state index contributed by atoms with van der Waals surface area (Å²) in [5.41, 5.74) is -0.763. The summed E-state index contributed by atoms with van der Waals surface area (Å²) in [5.74, 6) is -0.280. The SMILES string of the molecule is CC(C)(C)OCCC(C)(C)OC(=O)C(C)(C)SC(=S)SS. The summed E-state index contributed by atoms with van der Waals surface area (Å²) in [4.78, 5) is 12.3. The van der Waals surface area contributed by atoms with E-state index in [2.05, 4.69) is 11.7 Å². The van der Waals surface area contributed by atoms with E-state index in [9.17, 15) is 4.79 Å². The zero-order valence-corrected chi connectivity index (χ0v) is 17.2. The lowest BCUT2D eigenvalue weighted by molar-refractivity contribution is -0.161. The van der Waals surface area contributed by atoms with Gasteiger partial charge in [-0.3, -0.25) is 4.79 Å². The molecule has 124 valence electrons. The number of carbonyl (C=O) groups excluding carboxylic acids is 1. The van der Waals surface area contributed by atoms with Crippen molar-refractivity contribution in [1.82, 2.24) is 0 Å². The summed E-state index contributed by atoms with van der Waals surface area (Å²) in [6, 6.07) is 0. The quantitative estimate of drug-likeness (QED) is 0.310. The Kier molecular flexibility index (Phi) is 8.66. The van der Waals surface area contributed by atoms with E-state index in [4.69, 9.17) is 21.7 Å². The van der Waals surface area contributed by atoms with Crippen molar-refractivity contribution in [2.75, 3.05) is 6.61 Å². The van der Waals surface area contributed by atoms with Crippen molar-refractivity contribution < 1.29 is 14.3 Å². The molecule has 0 amide bonds. The summed E-state index contributed by atoms with van der Waals surface area (Å²) < 4.78 is 11.2. The van der Waals surface area contributed by atoms with Crippen LogP contribution in [0.2, 0.25) is 0 Å². The van der Waals surface area contributed by atoms with E-state index in [-0.39, 0.29) is 11.6 Å². The van der Waals surface area contributed by atoms with Crippen molar-refractivity contribution >= 4 is 55.9 Å². The van der Waals surface area contributed by atoms with Crippen molar-refractivity contribution in [3.05, 3.63) is 0 Å². The maximum absolute atomic E-state index is 12.3. The molecule has 0 aliphatic carbocycles. The van der Waals surface area contributed by atoms with Crippen LogP contribution in [0.1, 0.15) is 54.9 Å². The number of rotatable bonds is 6. The molecule has 0 rings (SSSR count). The van der Waals surface area contributed by atoms with Crippen LogP contribution in [0, 0.1) is 0 Å². The molecule has 0 fully saturated rings. The Morgan fingerprint density at radius 3 is 2.10 bits per heavy atom. The smallest absolute Gasteiger partial charge is 0.322 e. The Balaban J connectivity index is 4.49. The molecule has 0 atom stereocenters. The van der Waals surface area contributed by atoms with Gasteiger partial charge >= 0.3 is 5.97 Å². The van der Waals surface area contributed by atoms with Gasteiger partial charge in [0.2, 0.25) is 0 Å². The molecule has 7 heteroatoms. The summed E-state index contributed by atoms with van der Waals surface area (Å²) >= 11 is 10.4. The van der Waals surface area contributed by atoms with Gasteiger partial charge in [-0.15, -0.1) is 11.7 Å². The molecule has 3 nitrogen and oxygen atoms in total. The van der Waals surface area contributed by atoms with E-state index in [1.54, 1.807) is 13.8 Å². The van der Waals surface area contributed by atoms with Crippen molar-refractivity contribution in [3.8, 4) is 0 Å². The second kappa shape index (κ2) is 8.43. The zero-order valence-electron chi connectivity index (χ0n) is 13.8. The molecule has 0 N–H and O–H groups in total. The first-order valence-electron chi connectivity index (χ1n) is 6.71. The third-order valence-electron chi connectivity index (χ3n) is 2.51. The van der Waals surface area contributed by atoms with Crippen LogP contribution in [0.5, 0.6) is 0 Å². The lowest BCUT2D eigenvalue weighted by Crippen LogP contribution is -2.39. The molecule has 0 saturated carbocycles. The largest absolute Gasteiger partial charge is 0.459 e. The van der Waals surface area contributed by atoms with Gasteiger partial charge in [0, 0.05) is 6.42 Å². The van der Waals surface area contributed by atoms with Gasteiger partial charge in [0.15, 0.2) is 0 Å². The van der Waals surface area contributed by atoms with Crippen LogP contribution in [0.4, 0.5) is 0 Å². The highest BCUT2D eigenvalue weighted by molar-refractivity contribution is 8.82. The van der Waals surface area contributed by atoms with E-state index >= 15 is 0 Å². The topological polar surface area (TPSA) is 35.5 Å². The zero-order chi connectivity index (χ0) is 16.9. The molecule has 0 aromatic heterocycles. The van der Waals surface area contributed by atoms with Crippen LogP contribution in [0.3, 0.4) is 0 Å². The van der Waals surface area contributed by atoms with Crippen molar-refractivity contribution in [1.29, 1.82) is 0 Å². The highest BCUT2D eigenvalue weighted by Crippen LogP contribution is 2.34. The molecule has 0 unspecified atom stereocenters. The van der Waals surface area contributed by atoms with E-state index in [1.165, 1.54) is 11.8 Å². The van der Waals surface area contributed by atoms with Gasteiger partial charge < -0.3 is 9.47 Å². The normalized spacial score (nSPS) is 13.1. The predicted octanol–water partition coefficient (Wildman–Crippen LogP) is 4.89. The van der Waals surface area contributed by atoms with Gasteiger partial charge in [-0.25, -0.2) is 0 Å². The van der Waals surface area contributed by atoms with E-state index in [0.29, 0.717) is 16.6 Å². The van der Waals surface area contributed by atoms with E-state index in [1.807, 2.05) is 34.6 Å². The molecule has 0 radical (unpaired) electrons. The van der Waals surface area contributed by atoms with Gasteiger partial charge in [-0.1, -0.05) is 24.0 Å². The summed E-state index contributed by atoms with van der Waals surface area (Å²) in [7, 11) is 1.16. The second-order valence-corrected chi connectivity index (χ2v) is 10.8. The van der Waals surface area contributed by atoms with E-state index < -0.39 is 10.3 Å². The molecular formula is C14H26O3S4. The Labute approximate surface area is 147 Å². The molecule has 0 heterocycles. The van der Waals surface area contributed by atoms with Crippen molar-refractivity contribution in [3.63, 3.8) is 0 Å². The Morgan fingerprint density at radius 2 is 1.67 bits per heavy atom. The molecule has 0 spiro atoms. The Hall–Kier alpha value is 0.570. The molecule has 0 bridgehead atoms. The Bertz CT molecular complexity index is 373. The fraction of sp³-hybridized carbons (Fsp3) is 0.857. The first kappa shape index (κ1) is 21.6. The lowest BCUT2D eigenvalue weighted by atomic mass is 10.0. The number of ether oxygens (including phenoxy) is 2. The number of thiol groups is 1. The third-order valence-corrected chi connectivity index (χ3v) is 5.79. The van der Waals surface area contributed by atoms with Crippen LogP contribution in [-0.2, 0) is 14.3 Å². The van der Waals surface area contributed by atoms with Gasteiger partial charge in [0.1, 0.15) is 13.9 Å². The van der Waals surface area contributed by atoms with E-state index in [0.717, 1.165) is 10.8 Å². The number of thiocarbonyl (C=S) groups is 1. The van der Waals surface area contributed by atoms with Crippen molar-refractivity contribution in [2.45, 2.75) is 70.8 Å². The second-order valence-electron chi connectivity index (χ2n) is 6.81. The molecular weight excluding hydrogens is 344 g/mol. The van der Waals surface area contributed by atoms with Gasteiger partial charge in [-0.2, -0.15) is 0 Å². The molecule has 21 heavy (non-hydrogen) atoms. The van der Waals surface area contributed by atoms with Gasteiger partial charge in [0.25, 0.3) is 0 Å². The minimum absolute atomic E-state index is 0.189. The maximum atomic E-state index is 12.3. The van der Waals surface area contributed by atoms with Gasteiger partial charge in [0.05, 0.1) is 12.2 Å². The van der Waals surface area contributed by atoms with Crippen LogP contribution in [0.25, 0.3) is 0 Å². The lowest BCUT2D eigenvalue weighted by Gasteiger charge is -2.31. The monoisotopic (exact) mass is 370 g/mol. The molecule has 0 aromatic carbocycles.